The van der Waals surface area contributed by atoms with Gasteiger partial charge in [0.05, 0.1) is 0 Å². The van der Waals surface area contributed by atoms with E-state index in [0.29, 0.717) is 18.8 Å². The number of amides is 1. The van der Waals surface area contributed by atoms with Crippen LogP contribution < -0.4 is 5.73 Å². The van der Waals surface area contributed by atoms with Crippen LogP contribution >= 0.6 is 0 Å². The Balaban J connectivity index is 2.59. The molecule has 0 saturated heterocycles. The first-order valence-electron chi connectivity index (χ1n) is 3.61. The van der Waals surface area contributed by atoms with Crippen molar-refractivity contribution in [1.29, 1.82) is 0 Å². The van der Waals surface area contributed by atoms with Gasteiger partial charge in [-0.05, 0) is 0 Å². The second-order valence-electron chi connectivity index (χ2n) is 2.40. The maximum atomic E-state index is 11.3. The molecule has 1 rings (SSSR count). The molecule has 1 heterocycles. The summed E-state index contributed by atoms with van der Waals surface area (Å²) in [5.41, 5.74) is 5.59. The van der Waals surface area contributed by atoms with Crippen molar-refractivity contribution in [2.45, 2.75) is 0 Å². The molecule has 0 aromatic carbocycles. The van der Waals surface area contributed by atoms with E-state index in [0.717, 1.165) is 0 Å². The Morgan fingerprint density at radius 1 is 1.83 bits per heavy atom. The summed E-state index contributed by atoms with van der Waals surface area (Å²) in [5, 5.41) is 3.51. The van der Waals surface area contributed by atoms with E-state index in [1.807, 2.05) is 0 Å². The summed E-state index contributed by atoms with van der Waals surface area (Å²) in [6.45, 7) is 0.964. The molecule has 1 aromatic heterocycles. The first kappa shape index (κ1) is 8.73. The molecule has 66 valence electrons. The SMILES string of the molecule is CN(CCN)C(=O)c1ccon1. The van der Waals surface area contributed by atoms with Gasteiger partial charge in [-0.2, -0.15) is 0 Å². The first-order chi connectivity index (χ1) is 5.75. The molecule has 0 aliphatic carbocycles. The molecule has 0 aliphatic rings. The zero-order chi connectivity index (χ0) is 8.97. The Bertz CT molecular complexity index is 245. The van der Waals surface area contributed by atoms with Crippen LogP contribution in [0, 0.1) is 0 Å². The summed E-state index contributed by atoms with van der Waals surface area (Å²) in [6.07, 6.45) is 1.36. The van der Waals surface area contributed by atoms with Crippen molar-refractivity contribution in [2.24, 2.45) is 5.73 Å². The quantitative estimate of drug-likeness (QED) is 0.674. The third kappa shape index (κ3) is 1.82. The number of nitrogens with zero attached hydrogens (tertiary/aromatic N) is 2. The minimum absolute atomic E-state index is 0.172. The molecule has 1 amide bonds. The number of likely N-dealkylation sites (N-methyl/N-ethyl adjacent to an activating group) is 1. The molecule has 5 nitrogen and oxygen atoms in total. The molecule has 2 N–H and O–H groups in total. The van der Waals surface area contributed by atoms with E-state index in [9.17, 15) is 4.79 Å². The lowest BCUT2D eigenvalue weighted by Gasteiger charge is -2.13. The number of aromatic nitrogens is 1. The highest BCUT2D eigenvalue weighted by Crippen LogP contribution is 1.98. The van der Waals surface area contributed by atoms with Gasteiger partial charge in [0.1, 0.15) is 6.26 Å². The zero-order valence-corrected chi connectivity index (χ0v) is 6.86. The Labute approximate surface area is 70.1 Å². The van der Waals surface area contributed by atoms with Gasteiger partial charge < -0.3 is 15.2 Å². The fourth-order valence-corrected chi connectivity index (χ4v) is 0.814. The lowest BCUT2D eigenvalue weighted by Crippen LogP contribution is -2.31. The number of carbonyl (C=O) groups excluding carboxylic acids is 1. The standard InChI is InChI=1S/C7H11N3O2/c1-10(4-3-8)7(11)6-2-5-12-9-6/h2,5H,3-4,8H2,1H3. The molecule has 0 radical (unpaired) electrons. The zero-order valence-electron chi connectivity index (χ0n) is 6.86. The Morgan fingerprint density at radius 3 is 3.08 bits per heavy atom. The molecule has 0 unspecified atom stereocenters. The van der Waals surface area contributed by atoms with Gasteiger partial charge in [-0.15, -0.1) is 0 Å². The molecule has 0 atom stereocenters. The molecule has 0 bridgehead atoms. The average Bonchev–Trinajstić information content (AvgIpc) is 2.55. The summed E-state index contributed by atoms with van der Waals surface area (Å²) in [6, 6.07) is 1.52. The van der Waals surface area contributed by atoms with E-state index >= 15 is 0 Å². The maximum Gasteiger partial charge on any atom is 0.275 e. The Morgan fingerprint density at radius 2 is 2.58 bits per heavy atom. The minimum atomic E-state index is -0.172. The van der Waals surface area contributed by atoms with Crippen molar-refractivity contribution >= 4 is 5.91 Å². The number of hydrogen-bond donors (Lipinski definition) is 1. The van der Waals surface area contributed by atoms with Crippen LogP contribution in [0.1, 0.15) is 10.5 Å². The number of hydrogen-bond acceptors (Lipinski definition) is 4. The van der Waals surface area contributed by atoms with Crippen molar-refractivity contribution in [3.05, 3.63) is 18.0 Å². The molecular formula is C7H11N3O2. The predicted octanol–water partition coefficient (Wildman–Crippen LogP) is -0.295. The second-order valence-corrected chi connectivity index (χ2v) is 2.40. The minimum Gasteiger partial charge on any atom is -0.364 e. The lowest BCUT2D eigenvalue weighted by atomic mass is 10.4. The predicted molar refractivity (Wildman–Crippen MR) is 42.5 cm³/mol. The van der Waals surface area contributed by atoms with Crippen LogP contribution in [0.3, 0.4) is 0 Å². The average molecular weight is 169 g/mol. The lowest BCUT2D eigenvalue weighted by molar-refractivity contribution is 0.0789. The molecule has 5 heteroatoms. The van der Waals surface area contributed by atoms with Gasteiger partial charge in [0.15, 0.2) is 5.69 Å². The second kappa shape index (κ2) is 3.87. The van der Waals surface area contributed by atoms with Crippen molar-refractivity contribution in [3.8, 4) is 0 Å². The monoisotopic (exact) mass is 169 g/mol. The van der Waals surface area contributed by atoms with E-state index in [1.54, 1.807) is 7.05 Å². The van der Waals surface area contributed by atoms with Gasteiger partial charge in [-0.1, -0.05) is 5.16 Å². The van der Waals surface area contributed by atoms with Crippen LogP contribution in [-0.4, -0.2) is 36.1 Å². The van der Waals surface area contributed by atoms with Crippen LogP contribution in [0.15, 0.2) is 16.9 Å². The van der Waals surface area contributed by atoms with Gasteiger partial charge in [0, 0.05) is 26.2 Å². The van der Waals surface area contributed by atoms with Crippen LogP contribution in [0.4, 0.5) is 0 Å². The topological polar surface area (TPSA) is 72.4 Å². The van der Waals surface area contributed by atoms with Crippen molar-refractivity contribution < 1.29 is 9.32 Å². The van der Waals surface area contributed by atoms with Crippen molar-refractivity contribution in [3.63, 3.8) is 0 Å². The summed E-state index contributed by atoms with van der Waals surface area (Å²) in [5.74, 6) is -0.172. The molecule has 0 saturated carbocycles. The normalized spacial score (nSPS) is 9.83. The highest BCUT2D eigenvalue weighted by molar-refractivity contribution is 5.91. The van der Waals surface area contributed by atoms with Gasteiger partial charge in [-0.25, -0.2) is 0 Å². The molecule has 0 fully saturated rings. The first-order valence-corrected chi connectivity index (χ1v) is 3.61. The highest BCUT2D eigenvalue weighted by Gasteiger charge is 2.12. The van der Waals surface area contributed by atoms with Gasteiger partial charge in [0.2, 0.25) is 0 Å². The Hall–Kier alpha value is -1.36. The van der Waals surface area contributed by atoms with E-state index in [-0.39, 0.29) is 5.91 Å². The molecule has 0 aliphatic heterocycles. The van der Waals surface area contributed by atoms with Crippen LogP contribution in [0.5, 0.6) is 0 Å². The Kier molecular flexibility index (Phi) is 2.82. The summed E-state index contributed by atoms with van der Waals surface area (Å²) < 4.78 is 4.54. The largest absolute Gasteiger partial charge is 0.364 e. The van der Waals surface area contributed by atoms with Crippen LogP contribution in [-0.2, 0) is 0 Å². The summed E-state index contributed by atoms with van der Waals surface area (Å²) in [7, 11) is 1.67. The smallest absolute Gasteiger partial charge is 0.275 e. The number of nitrogens with two attached hydrogens (primary N) is 1. The molecular weight excluding hydrogens is 158 g/mol. The number of rotatable bonds is 3. The third-order valence-corrected chi connectivity index (χ3v) is 1.47. The molecule has 12 heavy (non-hydrogen) atoms. The van der Waals surface area contributed by atoms with Crippen LogP contribution in [0.2, 0.25) is 0 Å². The fraction of sp³-hybridized carbons (Fsp3) is 0.429. The summed E-state index contributed by atoms with van der Waals surface area (Å²) in [4.78, 5) is 12.8. The van der Waals surface area contributed by atoms with E-state index < -0.39 is 0 Å². The fourth-order valence-electron chi connectivity index (χ4n) is 0.814. The van der Waals surface area contributed by atoms with Gasteiger partial charge >= 0.3 is 0 Å². The van der Waals surface area contributed by atoms with E-state index in [1.165, 1.54) is 17.2 Å². The van der Waals surface area contributed by atoms with Crippen molar-refractivity contribution in [1.82, 2.24) is 10.1 Å². The van der Waals surface area contributed by atoms with Gasteiger partial charge in [-0.3, -0.25) is 4.79 Å². The maximum absolute atomic E-state index is 11.3. The molecule has 0 spiro atoms. The van der Waals surface area contributed by atoms with Crippen molar-refractivity contribution in [2.75, 3.05) is 20.1 Å². The summed E-state index contributed by atoms with van der Waals surface area (Å²) >= 11 is 0. The van der Waals surface area contributed by atoms with E-state index in [4.69, 9.17) is 5.73 Å². The highest BCUT2D eigenvalue weighted by atomic mass is 16.5. The third-order valence-electron chi connectivity index (χ3n) is 1.47. The van der Waals surface area contributed by atoms with Gasteiger partial charge in [0.25, 0.3) is 5.91 Å². The van der Waals surface area contributed by atoms with E-state index in [2.05, 4.69) is 9.68 Å². The van der Waals surface area contributed by atoms with Crippen LogP contribution in [0.25, 0.3) is 0 Å². The molecule has 1 aromatic rings. The number of carbonyl (C=O) groups is 1.